The van der Waals surface area contributed by atoms with Gasteiger partial charge in [0.15, 0.2) is 0 Å². The summed E-state index contributed by atoms with van der Waals surface area (Å²) in [6, 6.07) is 8.14. The van der Waals surface area contributed by atoms with Crippen LogP contribution in [0, 0.1) is 0 Å². The number of amides is 2. The van der Waals surface area contributed by atoms with Gasteiger partial charge in [-0.2, -0.15) is 0 Å². The summed E-state index contributed by atoms with van der Waals surface area (Å²) in [6.07, 6.45) is 1.33. The number of thiophene rings is 1. The van der Waals surface area contributed by atoms with E-state index in [9.17, 15) is 9.59 Å². The summed E-state index contributed by atoms with van der Waals surface area (Å²) < 4.78 is 11.4. The molecule has 1 N–H and O–H groups in total. The van der Waals surface area contributed by atoms with Gasteiger partial charge in [-0.1, -0.05) is 30.8 Å². The highest BCUT2D eigenvalue weighted by Gasteiger charge is 2.39. The highest BCUT2D eigenvalue weighted by molar-refractivity contribution is 7.10. The molecule has 0 bridgehead atoms. The molecule has 0 spiro atoms. The first-order valence-electron chi connectivity index (χ1n) is 11.4. The maximum absolute atomic E-state index is 12.9. The predicted octanol–water partition coefficient (Wildman–Crippen LogP) is 3.05. The number of hydrogen-bond acceptors (Lipinski definition) is 6. The van der Waals surface area contributed by atoms with E-state index in [1.165, 1.54) is 5.56 Å². The number of carbonyl (C=O) groups is 2. The van der Waals surface area contributed by atoms with Crippen LogP contribution in [0.3, 0.4) is 0 Å². The number of hydrogen-bond donors (Lipinski definition) is 1. The molecule has 1 aromatic heterocycles. The van der Waals surface area contributed by atoms with Crippen LogP contribution in [0.2, 0.25) is 0 Å². The predicted molar refractivity (Wildman–Crippen MR) is 126 cm³/mol. The number of piperidine rings is 1. The van der Waals surface area contributed by atoms with Gasteiger partial charge in [0.1, 0.15) is 6.04 Å². The maximum atomic E-state index is 12.9. The molecule has 1 aromatic carbocycles. The summed E-state index contributed by atoms with van der Waals surface area (Å²) in [5.74, 6) is -0.195. The number of ether oxygens (including phenoxy) is 2. The van der Waals surface area contributed by atoms with Crippen molar-refractivity contribution in [3.63, 3.8) is 0 Å². The molecule has 3 aliphatic heterocycles. The summed E-state index contributed by atoms with van der Waals surface area (Å²) in [7, 11) is 0. The number of rotatable bonds is 7. The van der Waals surface area contributed by atoms with Crippen LogP contribution in [-0.4, -0.2) is 54.0 Å². The second-order valence-corrected chi connectivity index (χ2v) is 9.79. The molecule has 7 nitrogen and oxygen atoms in total. The van der Waals surface area contributed by atoms with E-state index in [0.29, 0.717) is 38.2 Å². The molecule has 33 heavy (non-hydrogen) atoms. The maximum Gasteiger partial charge on any atom is 0.256 e. The van der Waals surface area contributed by atoms with Gasteiger partial charge in [0, 0.05) is 47.7 Å². The Morgan fingerprint density at radius 1 is 1.12 bits per heavy atom. The number of morpholine rings is 1. The van der Waals surface area contributed by atoms with Crippen molar-refractivity contribution in [2.45, 2.75) is 45.2 Å². The molecule has 2 aromatic rings. The fraction of sp³-hybridized carbons (Fsp3) is 0.440. The van der Waals surface area contributed by atoms with Crippen molar-refractivity contribution in [3.05, 3.63) is 69.1 Å². The third kappa shape index (κ3) is 4.89. The van der Waals surface area contributed by atoms with Crippen molar-refractivity contribution in [1.82, 2.24) is 15.1 Å². The average Bonchev–Trinajstić information content (AvgIpc) is 3.36. The van der Waals surface area contributed by atoms with E-state index in [4.69, 9.17) is 9.47 Å². The van der Waals surface area contributed by atoms with Crippen LogP contribution in [0.25, 0.3) is 0 Å². The van der Waals surface area contributed by atoms with Crippen molar-refractivity contribution in [2.75, 3.05) is 26.3 Å². The summed E-state index contributed by atoms with van der Waals surface area (Å²) in [6.45, 7) is 9.81. The molecule has 2 fully saturated rings. The normalized spacial score (nSPS) is 21.4. The smallest absolute Gasteiger partial charge is 0.256 e. The van der Waals surface area contributed by atoms with E-state index in [1.807, 2.05) is 5.38 Å². The zero-order chi connectivity index (χ0) is 22.8. The third-order valence-electron chi connectivity index (χ3n) is 6.53. The number of nitrogens with zero attached hydrogens (tertiary/aromatic N) is 2. The van der Waals surface area contributed by atoms with E-state index >= 15 is 0 Å². The number of allylic oxidation sites excluding steroid dienone is 1. The molecule has 2 saturated heterocycles. The van der Waals surface area contributed by atoms with Crippen molar-refractivity contribution in [2.24, 2.45) is 0 Å². The summed E-state index contributed by atoms with van der Waals surface area (Å²) in [5, 5.41) is 4.68. The number of fused-ring (bicyclic) bond motifs is 1. The minimum Gasteiger partial charge on any atom is -0.379 e. The van der Waals surface area contributed by atoms with Crippen molar-refractivity contribution >= 4 is 23.2 Å². The van der Waals surface area contributed by atoms with Gasteiger partial charge in [0.05, 0.1) is 32.0 Å². The Morgan fingerprint density at radius 3 is 2.64 bits per heavy atom. The molecule has 4 heterocycles. The largest absolute Gasteiger partial charge is 0.379 e. The highest BCUT2D eigenvalue weighted by Crippen LogP contribution is 2.34. The van der Waals surface area contributed by atoms with Crippen LogP contribution >= 0.6 is 11.3 Å². The van der Waals surface area contributed by atoms with Crippen LogP contribution in [0.4, 0.5) is 0 Å². The average molecular weight is 468 g/mol. The second-order valence-electron chi connectivity index (χ2n) is 8.83. The van der Waals surface area contributed by atoms with E-state index in [-0.39, 0.29) is 11.8 Å². The quantitative estimate of drug-likeness (QED) is 0.678. The van der Waals surface area contributed by atoms with Crippen LogP contribution < -0.4 is 5.32 Å². The molecule has 0 aliphatic carbocycles. The Balaban J connectivity index is 1.14. The summed E-state index contributed by atoms with van der Waals surface area (Å²) >= 11 is 1.56. The van der Waals surface area contributed by atoms with Gasteiger partial charge in [-0.3, -0.25) is 14.5 Å². The lowest BCUT2D eigenvalue weighted by atomic mass is 10.0. The Kier molecular flexibility index (Phi) is 6.59. The second kappa shape index (κ2) is 9.77. The number of nitrogens with one attached hydrogen (secondary N) is 1. The lowest BCUT2D eigenvalue weighted by molar-refractivity contribution is -0.126. The Labute approximate surface area is 198 Å². The minimum absolute atomic E-state index is 0.0592. The fourth-order valence-corrected chi connectivity index (χ4v) is 5.60. The lowest BCUT2D eigenvalue weighted by Gasteiger charge is -2.31. The van der Waals surface area contributed by atoms with E-state index in [1.54, 1.807) is 16.2 Å². The van der Waals surface area contributed by atoms with Gasteiger partial charge in [-0.05, 0) is 24.0 Å². The first kappa shape index (κ1) is 22.3. The molecule has 5 rings (SSSR count). The fourth-order valence-electron chi connectivity index (χ4n) is 4.62. The SMILES string of the molecule is C=C1CC[C@H](N2Cc3c(csc3COCc3ccc(CN4CCOCC4)cc3)C2=O)C(=O)N1. The van der Waals surface area contributed by atoms with E-state index in [0.717, 1.165) is 54.5 Å². The Hall–Kier alpha value is -2.52. The molecular formula is C25H29N3O4S. The topological polar surface area (TPSA) is 71.1 Å². The minimum atomic E-state index is -0.426. The first-order chi connectivity index (χ1) is 16.1. The standard InChI is InChI=1S/C25H29N3O4S/c1-17-2-7-22(24(29)26-17)28-13-20-21(25(28)30)16-33-23(20)15-32-14-19-5-3-18(4-6-19)12-27-8-10-31-11-9-27/h3-6,16,22H,1-2,7-15H2,(H,26,29)/t22-/m0/s1. The van der Waals surface area contributed by atoms with Crippen molar-refractivity contribution in [1.29, 1.82) is 0 Å². The molecule has 8 heteroatoms. The number of benzene rings is 1. The first-order valence-corrected chi connectivity index (χ1v) is 12.3. The van der Waals surface area contributed by atoms with E-state index in [2.05, 4.69) is 41.1 Å². The van der Waals surface area contributed by atoms with Crippen molar-refractivity contribution < 1.29 is 19.1 Å². The van der Waals surface area contributed by atoms with Crippen LogP contribution in [0.15, 0.2) is 41.9 Å². The van der Waals surface area contributed by atoms with Gasteiger partial charge in [0.2, 0.25) is 5.91 Å². The Morgan fingerprint density at radius 2 is 1.88 bits per heavy atom. The zero-order valence-corrected chi connectivity index (χ0v) is 19.5. The number of carbonyl (C=O) groups excluding carboxylic acids is 2. The van der Waals surface area contributed by atoms with Crippen LogP contribution in [0.1, 0.15) is 44.8 Å². The molecule has 174 valence electrons. The van der Waals surface area contributed by atoms with E-state index < -0.39 is 6.04 Å². The molecule has 1 atom stereocenters. The Bertz CT molecular complexity index is 1040. The summed E-state index contributed by atoms with van der Waals surface area (Å²) in [4.78, 5) is 30.4. The molecular weight excluding hydrogens is 438 g/mol. The van der Waals surface area contributed by atoms with Gasteiger partial charge in [-0.25, -0.2) is 0 Å². The van der Waals surface area contributed by atoms with Crippen LogP contribution in [-0.2, 0) is 40.6 Å². The van der Waals surface area contributed by atoms with Gasteiger partial charge < -0.3 is 19.7 Å². The van der Waals surface area contributed by atoms with Crippen LogP contribution in [0.5, 0.6) is 0 Å². The van der Waals surface area contributed by atoms with Crippen molar-refractivity contribution in [3.8, 4) is 0 Å². The monoisotopic (exact) mass is 467 g/mol. The molecule has 0 unspecified atom stereocenters. The third-order valence-corrected chi connectivity index (χ3v) is 7.54. The molecule has 0 radical (unpaired) electrons. The van der Waals surface area contributed by atoms with Gasteiger partial charge in [0.25, 0.3) is 5.91 Å². The van der Waals surface area contributed by atoms with Gasteiger partial charge >= 0.3 is 0 Å². The molecule has 0 saturated carbocycles. The molecule has 3 aliphatic rings. The molecule has 2 amide bonds. The summed E-state index contributed by atoms with van der Waals surface area (Å²) in [5.41, 5.74) is 4.86. The zero-order valence-electron chi connectivity index (χ0n) is 18.7. The van der Waals surface area contributed by atoms with Gasteiger partial charge in [-0.15, -0.1) is 11.3 Å². The highest BCUT2D eigenvalue weighted by atomic mass is 32.1. The lowest BCUT2D eigenvalue weighted by Crippen LogP contribution is -2.49.